The lowest BCUT2D eigenvalue weighted by Gasteiger charge is -2.35. The highest BCUT2D eigenvalue weighted by molar-refractivity contribution is 5.84. The van der Waals surface area contributed by atoms with E-state index in [-0.39, 0.29) is 6.04 Å². The molecule has 6 nitrogen and oxygen atoms in total. The second-order valence-corrected chi connectivity index (χ2v) is 5.06. The number of ether oxygens (including phenoxy) is 3. The Bertz CT molecular complexity index is 449. The Morgan fingerprint density at radius 2 is 1.75 bits per heavy atom. The van der Waals surface area contributed by atoms with Crippen LogP contribution in [-0.4, -0.2) is 38.2 Å². The molecule has 1 saturated heterocycles. The van der Waals surface area contributed by atoms with E-state index in [1.54, 1.807) is 12.1 Å². The molecule has 0 spiro atoms. The molecule has 0 unspecified atom stereocenters. The minimum atomic E-state index is -0.507. The van der Waals surface area contributed by atoms with Crippen molar-refractivity contribution >= 4 is 17.5 Å². The molecule has 6 heteroatoms. The van der Waals surface area contributed by atoms with E-state index in [0.717, 1.165) is 5.69 Å². The number of hydrogen-bond acceptors (Lipinski definition) is 5. The van der Waals surface area contributed by atoms with Crippen molar-refractivity contribution in [2.24, 2.45) is 0 Å². The van der Waals surface area contributed by atoms with Gasteiger partial charge in [0.25, 0.3) is 0 Å². The van der Waals surface area contributed by atoms with E-state index < -0.39 is 11.9 Å². The van der Waals surface area contributed by atoms with Crippen LogP contribution in [0.15, 0.2) is 24.3 Å². The molecular formula is C14H20N2O4. The molecule has 1 aliphatic rings. The van der Waals surface area contributed by atoms with Gasteiger partial charge in [-0.15, -0.1) is 0 Å². The van der Waals surface area contributed by atoms with Crippen LogP contribution in [0.25, 0.3) is 0 Å². The van der Waals surface area contributed by atoms with Crippen LogP contribution in [0.3, 0.4) is 0 Å². The Hall–Kier alpha value is -1.79. The summed E-state index contributed by atoms with van der Waals surface area (Å²) in [6.45, 7) is 4.98. The molecule has 110 valence electrons. The van der Waals surface area contributed by atoms with E-state index in [2.05, 4.69) is 15.4 Å². The average Bonchev–Trinajstić information content (AvgIpc) is 2.43. The lowest BCUT2D eigenvalue weighted by Crippen LogP contribution is -2.45. The van der Waals surface area contributed by atoms with Crippen LogP contribution in [0.4, 0.5) is 16.2 Å². The summed E-state index contributed by atoms with van der Waals surface area (Å²) in [7, 11) is 1.33. The fraction of sp³-hybridized carbons (Fsp3) is 0.500. The zero-order chi connectivity index (χ0) is 14.6. The Kier molecular flexibility index (Phi) is 4.46. The number of hydrogen-bond donors (Lipinski definition) is 2. The second-order valence-electron chi connectivity index (χ2n) is 5.06. The maximum atomic E-state index is 11.1. The lowest BCUT2D eigenvalue weighted by molar-refractivity contribution is -0.247. The summed E-state index contributed by atoms with van der Waals surface area (Å²) >= 11 is 0. The lowest BCUT2D eigenvalue weighted by atomic mass is 10.2. The number of amides is 1. The van der Waals surface area contributed by atoms with Gasteiger partial charge in [0.05, 0.1) is 26.4 Å². The Morgan fingerprint density at radius 1 is 1.20 bits per heavy atom. The van der Waals surface area contributed by atoms with Gasteiger partial charge >= 0.3 is 6.09 Å². The van der Waals surface area contributed by atoms with Gasteiger partial charge < -0.3 is 19.5 Å². The monoisotopic (exact) mass is 280 g/mol. The largest absolute Gasteiger partial charge is 0.453 e. The van der Waals surface area contributed by atoms with Crippen molar-refractivity contribution in [3.05, 3.63) is 24.3 Å². The Labute approximate surface area is 118 Å². The van der Waals surface area contributed by atoms with Gasteiger partial charge in [0.15, 0.2) is 5.79 Å². The molecule has 1 heterocycles. The van der Waals surface area contributed by atoms with Crippen LogP contribution < -0.4 is 10.6 Å². The maximum Gasteiger partial charge on any atom is 0.411 e. The molecule has 2 N–H and O–H groups in total. The van der Waals surface area contributed by atoms with Gasteiger partial charge in [-0.05, 0) is 38.1 Å². The zero-order valence-electron chi connectivity index (χ0n) is 11.9. The van der Waals surface area contributed by atoms with Crippen LogP contribution in [0, 0.1) is 0 Å². The second kappa shape index (κ2) is 6.11. The minimum absolute atomic E-state index is 0.113. The number of nitrogens with one attached hydrogen (secondary N) is 2. The molecule has 0 saturated carbocycles. The highest BCUT2D eigenvalue weighted by Gasteiger charge is 2.28. The van der Waals surface area contributed by atoms with Crippen molar-refractivity contribution < 1.29 is 19.0 Å². The standard InChI is InChI=1S/C14H20N2O4/c1-14(2)19-8-12(9-20-14)15-10-4-6-11(7-5-10)16-13(17)18-3/h4-7,12,15H,8-9H2,1-3H3,(H,16,17). The summed E-state index contributed by atoms with van der Waals surface area (Å²) < 4.78 is 15.7. The summed E-state index contributed by atoms with van der Waals surface area (Å²) in [5.74, 6) is -0.507. The topological polar surface area (TPSA) is 68.8 Å². The van der Waals surface area contributed by atoms with E-state index in [4.69, 9.17) is 9.47 Å². The van der Waals surface area contributed by atoms with E-state index >= 15 is 0 Å². The summed E-state index contributed by atoms with van der Waals surface area (Å²) in [5.41, 5.74) is 1.62. The van der Waals surface area contributed by atoms with Crippen molar-refractivity contribution in [1.29, 1.82) is 0 Å². The number of rotatable bonds is 3. The number of benzene rings is 1. The molecule has 0 radical (unpaired) electrons. The van der Waals surface area contributed by atoms with Gasteiger partial charge in [-0.25, -0.2) is 4.79 Å². The molecule has 1 aliphatic heterocycles. The minimum Gasteiger partial charge on any atom is -0.453 e. The smallest absolute Gasteiger partial charge is 0.411 e. The highest BCUT2D eigenvalue weighted by atomic mass is 16.7. The van der Waals surface area contributed by atoms with Gasteiger partial charge in [0, 0.05) is 11.4 Å². The summed E-state index contributed by atoms with van der Waals surface area (Å²) in [5, 5.41) is 5.91. The number of carbonyl (C=O) groups excluding carboxylic acids is 1. The molecule has 0 aromatic heterocycles. The normalized spacial score (nSPS) is 18.4. The highest BCUT2D eigenvalue weighted by Crippen LogP contribution is 2.20. The molecule has 1 amide bonds. The van der Waals surface area contributed by atoms with Crippen LogP contribution in [0.1, 0.15) is 13.8 Å². The third-order valence-electron chi connectivity index (χ3n) is 2.95. The molecule has 1 fully saturated rings. The molecule has 2 rings (SSSR count). The maximum absolute atomic E-state index is 11.1. The van der Waals surface area contributed by atoms with Gasteiger partial charge in [0.1, 0.15) is 0 Å². The summed E-state index contributed by atoms with van der Waals surface area (Å²) in [6, 6.07) is 7.47. The quantitative estimate of drug-likeness (QED) is 0.890. The van der Waals surface area contributed by atoms with Gasteiger partial charge in [-0.2, -0.15) is 0 Å². The van der Waals surface area contributed by atoms with Crippen molar-refractivity contribution in [3.8, 4) is 0 Å². The third kappa shape index (κ3) is 4.11. The first-order valence-corrected chi connectivity index (χ1v) is 6.48. The average molecular weight is 280 g/mol. The first-order valence-electron chi connectivity index (χ1n) is 6.48. The third-order valence-corrected chi connectivity index (χ3v) is 2.95. The molecule has 0 aliphatic carbocycles. The Morgan fingerprint density at radius 3 is 2.30 bits per heavy atom. The predicted molar refractivity (Wildman–Crippen MR) is 75.9 cm³/mol. The van der Waals surface area contributed by atoms with Crippen LogP contribution in [-0.2, 0) is 14.2 Å². The van der Waals surface area contributed by atoms with E-state index in [1.165, 1.54) is 7.11 Å². The SMILES string of the molecule is COC(=O)Nc1ccc(NC2COC(C)(C)OC2)cc1. The van der Waals surface area contributed by atoms with E-state index in [9.17, 15) is 4.79 Å². The van der Waals surface area contributed by atoms with Crippen molar-refractivity contribution in [3.63, 3.8) is 0 Å². The summed E-state index contributed by atoms with van der Waals surface area (Å²) in [6.07, 6.45) is -0.484. The number of anilines is 2. The molecular weight excluding hydrogens is 260 g/mol. The fourth-order valence-corrected chi connectivity index (χ4v) is 1.83. The van der Waals surface area contributed by atoms with Crippen LogP contribution in [0.2, 0.25) is 0 Å². The first kappa shape index (κ1) is 14.6. The van der Waals surface area contributed by atoms with Crippen LogP contribution >= 0.6 is 0 Å². The van der Waals surface area contributed by atoms with Crippen LogP contribution in [0.5, 0.6) is 0 Å². The number of carbonyl (C=O) groups is 1. The summed E-state index contributed by atoms with van der Waals surface area (Å²) in [4.78, 5) is 11.1. The van der Waals surface area contributed by atoms with Crippen molar-refractivity contribution in [2.45, 2.75) is 25.7 Å². The van der Waals surface area contributed by atoms with E-state index in [1.807, 2.05) is 26.0 Å². The van der Waals surface area contributed by atoms with Gasteiger partial charge in [-0.1, -0.05) is 0 Å². The number of methoxy groups -OCH3 is 1. The Balaban J connectivity index is 1.86. The predicted octanol–water partition coefficient (Wildman–Crippen LogP) is 2.43. The van der Waals surface area contributed by atoms with Gasteiger partial charge in [-0.3, -0.25) is 5.32 Å². The molecule has 20 heavy (non-hydrogen) atoms. The first-order chi connectivity index (χ1) is 9.48. The molecule has 1 aromatic rings. The molecule has 0 bridgehead atoms. The molecule has 0 atom stereocenters. The van der Waals surface area contributed by atoms with Crippen molar-refractivity contribution in [1.82, 2.24) is 0 Å². The van der Waals surface area contributed by atoms with Gasteiger partial charge in [0.2, 0.25) is 0 Å². The molecule has 1 aromatic carbocycles. The van der Waals surface area contributed by atoms with E-state index in [0.29, 0.717) is 18.9 Å². The zero-order valence-corrected chi connectivity index (χ0v) is 11.9. The van der Waals surface area contributed by atoms with Crippen molar-refractivity contribution in [2.75, 3.05) is 31.0 Å². The fourth-order valence-electron chi connectivity index (χ4n) is 1.83.